The zero-order chi connectivity index (χ0) is 17.4. The van der Waals surface area contributed by atoms with E-state index in [1.54, 1.807) is 0 Å². The number of aliphatic hydroxyl groups is 2. The van der Waals surface area contributed by atoms with Crippen molar-refractivity contribution in [1.82, 2.24) is 4.90 Å². The van der Waals surface area contributed by atoms with Crippen LogP contribution in [0, 0.1) is 39.9 Å². The van der Waals surface area contributed by atoms with Gasteiger partial charge in [0.05, 0.1) is 12.2 Å². The van der Waals surface area contributed by atoms with Gasteiger partial charge in [-0.15, -0.1) is 0 Å². The monoisotopic (exact) mass is 343 g/mol. The van der Waals surface area contributed by atoms with Crippen molar-refractivity contribution in [2.45, 2.75) is 70.6 Å². The van der Waals surface area contributed by atoms with Crippen LogP contribution in [0.3, 0.4) is 0 Å². The van der Waals surface area contributed by atoms with Crippen molar-refractivity contribution in [2.75, 3.05) is 13.1 Å². The van der Waals surface area contributed by atoms with Crippen LogP contribution in [0.2, 0.25) is 0 Å². The largest absolute Gasteiger partial charge is 0.392 e. The Kier molecular flexibility index (Phi) is 2.73. The Bertz CT molecular complexity index is 662. The van der Waals surface area contributed by atoms with E-state index in [4.69, 9.17) is 0 Å². The molecule has 7 saturated carbocycles. The molecule has 1 saturated heterocycles. The molecule has 0 aromatic heterocycles. The predicted molar refractivity (Wildman–Crippen MR) is 96.8 cm³/mol. The highest BCUT2D eigenvalue weighted by molar-refractivity contribution is 5.37. The molecule has 0 radical (unpaired) electrons. The average molecular weight is 344 g/mol. The second-order valence-corrected chi connectivity index (χ2v) is 10.8. The number of nitrogens with zero attached hydrogens (tertiary/aromatic N) is 1. The zero-order valence-electron chi connectivity index (χ0n) is 15.7. The van der Waals surface area contributed by atoms with Crippen molar-refractivity contribution in [3.63, 3.8) is 0 Å². The molecule has 138 valence electrons. The van der Waals surface area contributed by atoms with E-state index >= 15 is 0 Å². The fraction of sp³-hybridized carbons (Fsp3) is 0.909. The number of aliphatic hydroxyl groups excluding tert-OH is 2. The Hall–Kier alpha value is -0.380. The van der Waals surface area contributed by atoms with E-state index in [2.05, 4.69) is 25.3 Å². The van der Waals surface area contributed by atoms with E-state index in [0.29, 0.717) is 17.4 Å². The first-order valence-electron chi connectivity index (χ1n) is 10.7. The number of hydrogen-bond acceptors (Lipinski definition) is 3. The van der Waals surface area contributed by atoms with Crippen LogP contribution < -0.4 is 0 Å². The predicted octanol–water partition coefficient (Wildman–Crippen LogP) is 2.82. The molecule has 3 nitrogen and oxygen atoms in total. The summed E-state index contributed by atoms with van der Waals surface area (Å²) < 4.78 is 0. The molecular formula is C22H33NO2. The third-order valence-electron chi connectivity index (χ3n) is 10.3. The van der Waals surface area contributed by atoms with Crippen molar-refractivity contribution >= 4 is 0 Å². The summed E-state index contributed by atoms with van der Waals surface area (Å²) >= 11 is 0. The van der Waals surface area contributed by atoms with E-state index < -0.39 is 0 Å². The summed E-state index contributed by atoms with van der Waals surface area (Å²) in [5.74, 6) is 1.96. The standard InChI is InChI=1S/C22H33NO2/c1-4-23-11-20(3)7-5-8-22-16(20)14(18(22)23)10-21-9-6-13(12(2)19(21)25)15(24)17(21)22/h13-19,24-25H,2,4-11H2,1,3H3/t13-,14+,15+,16-,17-,18-,19-,20+,21+,22+/m1/s1. The fourth-order valence-electron chi connectivity index (χ4n) is 10.1. The normalized spacial score (nSPS) is 64.6. The minimum absolute atomic E-state index is 0.0715. The van der Waals surface area contributed by atoms with Crippen LogP contribution in [0.4, 0.5) is 0 Å². The van der Waals surface area contributed by atoms with Crippen LogP contribution in [0.1, 0.15) is 52.4 Å². The van der Waals surface area contributed by atoms with Gasteiger partial charge in [0.15, 0.2) is 0 Å². The smallest absolute Gasteiger partial charge is 0.0811 e. The van der Waals surface area contributed by atoms with Gasteiger partial charge in [0, 0.05) is 29.8 Å². The van der Waals surface area contributed by atoms with Crippen molar-refractivity contribution in [2.24, 2.45) is 39.9 Å². The molecule has 25 heavy (non-hydrogen) atoms. The lowest BCUT2D eigenvalue weighted by atomic mass is 9.23. The Morgan fingerprint density at radius 2 is 2.00 bits per heavy atom. The molecule has 8 aliphatic rings. The third-order valence-corrected chi connectivity index (χ3v) is 10.3. The van der Waals surface area contributed by atoms with Crippen molar-refractivity contribution < 1.29 is 10.2 Å². The molecule has 0 unspecified atom stereocenters. The Balaban J connectivity index is 1.55. The average Bonchev–Trinajstić information content (AvgIpc) is 2.57. The maximum Gasteiger partial charge on any atom is 0.0811 e. The molecule has 0 aromatic rings. The van der Waals surface area contributed by atoms with Gasteiger partial charge in [-0.2, -0.15) is 0 Å². The van der Waals surface area contributed by atoms with Gasteiger partial charge in [-0.1, -0.05) is 26.8 Å². The SMILES string of the molecule is C=C1[C@H]2CC[C@@]3(C[C@H]4[C@@H]5[C@@]6(C)CCC[C@]5([C@@H]3[C@H]2O)[C@@H]4N(CC)C6)[C@@H]1O. The zero-order valence-corrected chi connectivity index (χ0v) is 15.7. The minimum atomic E-state index is -0.372. The number of likely N-dealkylation sites (tertiary alicyclic amines) is 1. The Morgan fingerprint density at radius 1 is 1.20 bits per heavy atom. The van der Waals surface area contributed by atoms with Gasteiger partial charge in [0.1, 0.15) is 0 Å². The van der Waals surface area contributed by atoms with Gasteiger partial charge in [-0.3, -0.25) is 4.90 Å². The van der Waals surface area contributed by atoms with E-state index in [1.165, 1.54) is 25.8 Å². The summed E-state index contributed by atoms with van der Waals surface area (Å²) in [5, 5.41) is 22.7. The highest BCUT2D eigenvalue weighted by atomic mass is 16.3. The van der Waals surface area contributed by atoms with Crippen LogP contribution in [0.15, 0.2) is 12.2 Å². The maximum atomic E-state index is 11.5. The molecule has 7 bridgehead atoms. The summed E-state index contributed by atoms with van der Waals surface area (Å²) in [6, 6.07) is 0.668. The number of rotatable bonds is 1. The number of piperidine rings is 2. The van der Waals surface area contributed by atoms with E-state index in [1.807, 2.05) is 0 Å². The topological polar surface area (TPSA) is 43.7 Å². The van der Waals surface area contributed by atoms with Gasteiger partial charge in [0.25, 0.3) is 0 Å². The molecule has 8 fully saturated rings. The van der Waals surface area contributed by atoms with Crippen LogP contribution in [0.5, 0.6) is 0 Å². The Morgan fingerprint density at radius 3 is 2.76 bits per heavy atom. The minimum Gasteiger partial charge on any atom is -0.392 e. The summed E-state index contributed by atoms with van der Waals surface area (Å²) in [6.45, 7) is 11.5. The first kappa shape index (κ1) is 15.7. The van der Waals surface area contributed by atoms with E-state index in [9.17, 15) is 10.2 Å². The molecule has 0 amide bonds. The van der Waals surface area contributed by atoms with Crippen molar-refractivity contribution in [3.05, 3.63) is 12.2 Å². The van der Waals surface area contributed by atoms with E-state index in [-0.39, 0.29) is 29.0 Å². The van der Waals surface area contributed by atoms with Gasteiger partial charge >= 0.3 is 0 Å². The summed E-state index contributed by atoms with van der Waals surface area (Å²) in [6.07, 6.45) is 6.59. The van der Waals surface area contributed by atoms with E-state index in [0.717, 1.165) is 43.2 Å². The molecule has 2 spiro atoms. The molecule has 3 heteroatoms. The van der Waals surface area contributed by atoms with Gasteiger partial charge in [-0.05, 0) is 66.9 Å². The summed E-state index contributed by atoms with van der Waals surface area (Å²) in [4.78, 5) is 2.77. The lowest BCUT2D eigenvalue weighted by Gasteiger charge is -2.86. The van der Waals surface area contributed by atoms with Gasteiger partial charge in [-0.25, -0.2) is 0 Å². The first-order valence-corrected chi connectivity index (χ1v) is 10.7. The van der Waals surface area contributed by atoms with Gasteiger partial charge < -0.3 is 10.2 Å². The van der Waals surface area contributed by atoms with Gasteiger partial charge in [0.2, 0.25) is 0 Å². The van der Waals surface area contributed by atoms with Crippen molar-refractivity contribution in [1.29, 1.82) is 0 Å². The molecule has 10 atom stereocenters. The molecule has 1 heterocycles. The van der Waals surface area contributed by atoms with Crippen LogP contribution >= 0.6 is 0 Å². The molecule has 8 rings (SSSR count). The van der Waals surface area contributed by atoms with Crippen LogP contribution in [-0.2, 0) is 0 Å². The number of hydrogen-bond donors (Lipinski definition) is 2. The maximum absolute atomic E-state index is 11.5. The van der Waals surface area contributed by atoms with Crippen LogP contribution in [-0.4, -0.2) is 46.5 Å². The second-order valence-electron chi connectivity index (χ2n) is 10.8. The second kappa shape index (κ2) is 4.36. The van der Waals surface area contributed by atoms with Crippen molar-refractivity contribution in [3.8, 4) is 0 Å². The fourth-order valence-corrected chi connectivity index (χ4v) is 10.1. The third kappa shape index (κ3) is 1.37. The Labute approximate surface area is 151 Å². The molecule has 2 N–H and O–H groups in total. The summed E-state index contributed by atoms with van der Waals surface area (Å²) in [5.41, 5.74) is 1.57. The lowest BCUT2D eigenvalue weighted by Crippen LogP contribution is -2.87. The molecule has 1 aliphatic heterocycles. The number of fused-ring (bicyclic) bond motifs is 2. The first-order chi connectivity index (χ1) is 11.9. The highest BCUT2D eigenvalue weighted by Gasteiger charge is 2.83. The van der Waals surface area contributed by atoms with Crippen LogP contribution in [0.25, 0.3) is 0 Å². The summed E-state index contributed by atoms with van der Waals surface area (Å²) in [7, 11) is 0. The lowest BCUT2D eigenvalue weighted by molar-refractivity contribution is -0.381. The molecule has 7 aliphatic carbocycles. The molecule has 0 aromatic carbocycles. The molecular weight excluding hydrogens is 310 g/mol. The quantitative estimate of drug-likeness (QED) is 0.720. The highest BCUT2D eigenvalue weighted by Crippen LogP contribution is 2.83.